The van der Waals surface area contributed by atoms with Crippen LogP contribution in [0.4, 0.5) is 0 Å². The number of benzene rings is 2. The van der Waals surface area contributed by atoms with Gasteiger partial charge in [0.2, 0.25) is 14.2 Å². The van der Waals surface area contributed by atoms with Crippen LogP contribution in [-0.2, 0) is 9.22 Å². The summed E-state index contributed by atoms with van der Waals surface area (Å²) < 4.78 is 7.17. The summed E-state index contributed by atoms with van der Waals surface area (Å²) in [6.45, 7) is 13.3. The van der Waals surface area contributed by atoms with Gasteiger partial charge in [-0.1, -0.05) is 84.0 Å². The van der Waals surface area contributed by atoms with E-state index in [-0.39, 0.29) is 5.91 Å². The summed E-state index contributed by atoms with van der Waals surface area (Å²) in [5, 5.41) is 2.99. The van der Waals surface area contributed by atoms with Crippen LogP contribution in [0.25, 0.3) is 0 Å². The molecule has 2 aliphatic heterocycles. The molecule has 2 aromatic carbocycles. The fraction of sp³-hybridized carbons (Fsp3) is 0.444. The van der Waals surface area contributed by atoms with Crippen LogP contribution in [0, 0.1) is 0 Å². The smallest absolute Gasteiger partial charge is 0.262 e. The van der Waals surface area contributed by atoms with Gasteiger partial charge < -0.3 is 9.74 Å². The summed E-state index contributed by atoms with van der Waals surface area (Å²) in [4.78, 5) is 40.4. The van der Waals surface area contributed by atoms with Crippen molar-refractivity contribution in [2.45, 2.75) is 76.4 Å². The maximum atomic E-state index is 13.2. The minimum absolute atomic E-state index is 0.324. The molecule has 2 aromatic rings. The van der Waals surface area contributed by atoms with Crippen molar-refractivity contribution in [3.8, 4) is 0 Å². The third-order valence-electron chi connectivity index (χ3n) is 7.51. The molecule has 0 bridgehead atoms. The van der Waals surface area contributed by atoms with Gasteiger partial charge in [0.15, 0.2) is 0 Å². The van der Waals surface area contributed by atoms with Crippen molar-refractivity contribution < 1.29 is 18.8 Å². The number of hydrogen-bond donors (Lipinski definition) is 1. The highest BCUT2D eigenvalue weighted by Crippen LogP contribution is 2.47. The third-order valence-corrected chi connectivity index (χ3v) is 13.6. The molecule has 0 aromatic heterocycles. The first-order valence-electron chi connectivity index (χ1n) is 12.1. The first-order chi connectivity index (χ1) is 16.1. The van der Waals surface area contributed by atoms with Gasteiger partial charge in [0.05, 0.1) is 23.3 Å². The van der Waals surface area contributed by atoms with Crippen molar-refractivity contribution in [1.29, 1.82) is 0 Å². The summed E-state index contributed by atoms with van der Waals surface area (Å²) in [5.74, 6) is -1.16. The molecule has 3 amide bonds. The molecular formula is C27H34N2O4Si. The fourth-order valence-electron chi connectivity index (χ4n) is 5.99. The van der Waals surface area contributed by atoms with E-state index in [2.05, 4.69) is 46.9 Å². The normalized spacial score (nSPS) is 21.2. The number of carbonyl (C=O) groups excluding carboxylic acids is 3. The molecule has 0 unspecified atom stereocenters. The van der Waals surface area contributed by atoms with E-state index in [4.69, 9.17) is 4.43 Å². The van der Waals surface area contributed by atoms with Gasteiger partial charge in [-0.25, -0.2) is 0 Å². The zero-order valence-electron chi connectivity index (χ0n) is 20.7. The number of fused-ring (bicyclic) bond motifs is 1. The maximum Gasteiger partial charge on any atom is 0.262 e. The fourth-order valence-corrected chi connectivity index (χ4v) is 11.5. The van der Waals surface area contributed by atoms with Crippen LogP contribution in [0.5, 0.6) is 0 Å². The molecule has 34 heavy (non-hydrogen) atoms. The zero-order chi connectivity index (χ0) is 24.8. The second-order valence-corrected chi connectivity index (χ2v) is 15.7. The van der Waals surface area contributed by atoms with E-state index in [1.54, 1.807) is 24.3 Å². The van der Waals surface area contributed by atoms with Gasteiger partial charge in [-0.2, -0.15) is 0 Å². The predicted octanol–water partition coefficient (Wildman–Crippen LogP) is 5.08. The topological polar surface area (TPSA) is 75.7 Å². The lowest BCUT2D eigenvalue weighted by Crippen LogP contribution is -2.72. The summed E-state index contributed by atoms with van der Waals surface area (Å²) in [6.07, 6.45) is -0.466. The Hall–Kier alpha value is -2.77. The molecule has 0 saturated carbocycles. The number of β-lactam (4-membered cyclic amide) rings is 1. The van der Waals surface area contributed by atoms with Crippen LogP contribution in [0.3, 0.4) is 0 Å². The summed E-state index contributed by atoms with van der Waals surface area (Å²) >= 11 is 0. The van der Waals surface area contributed by atoms with Crippen LogP contribution in [-0.4, -0.2) is 43.0 Å². The number of nitrogens with one attached hydrogen (secondary N) is 1. The minimum Gasteiger partial charge on any atom is -0.407 e. The second kappa shape index (κ2) is 9.11. The number of carbonyl (C=O) groups is 3. The van der Waals surface area contributed by atoms with Crippen LogP contribution in [0.15, 0.2) is 54.6 Å². The van der Waals surface area contributed by atoms with Crippen LogP contribution >= 0.6 is 0 Å². The van der Waals surface area contributed by atoms with Crippen LogP contribution in [0.2, 0.25) is 16.6 Å². The monoisotopic (exact) mass is 478 g/mol. The Morgan fingerprint density at radius 2 is 1.24 bits per heavy atom. The molecule has 0 radical (unpaired) electrons. The molecule has 1 saturated heterocycles. The highest BCUT2D eigenvalue weighted by Gasteiger charge is 2.57. The minimum atomic E-state index is -2.35. The van der Waals surface area contributed by atoms with Crippen molar-refractivity contribution in [3.05, 3.63) is 71.3 Å². The van der Waals surface area contributed by atoms with Gasteiger partial charge in [0.25, 0.3) is 11.8 Å². The number of rotatable bonds is 8. The molecule has 2 aliphatic rings. The second-order valence-electron chi connectivity index (χ2n) is 10.3. The van der Waals surface area contributed by atoms with E-state index in [1.807, 2.05) is 30.3 Å². The summed E-state index contributed by atoms with van der Waals surface area (Å²) in [7, 11) is -2.35. The molecule has 6 nitrogen and oxygen atoms in total. The molecule has 2 heterocycles. The van der Waals surface area contributed by atoms with E-state index < -0.39 is 38.3 Å². The van der Waals surface area contributed by atoms with Gasteiger partial charge in [-0.15, -0.1) is 0 Å². The Bertz CT molecular complexity index is 1040. The maximum absolute atomic E-state index is 13.2. The van der Waals surface area contributed by atoms with Crippen LogP contribution < -0.4 is 5.32 Å². The molecule has 0 aliphatic carbocycles. The van der Waals surface area contributed by atoms with Crippen LogP contribution in [0.1, 0.15) is 73.9 Å². The van der Waals surface area contributed by atoms with Gasteiger partial charge in [-0.05, 0) is 34.3 Å². The lowest BCUT2D eigenvalue weighted by atomic mass is 9.88. The van der Waals surface area contributed by atoms with E-state index in [0.29, 0.717) is 27.8 Å². The van der Waals surface area contributed by atoms with Crippen molar-refractivity contribution in [1.82, 2.24) is 10.2 Å². The zero-order valence-corrected chi connectivity index (χ0v) is 21.7. The highest BCUT2D eigenvalue weighted by atomic mass is 28.4. The Labute approximate surface area is 202 Å². The van der Waals surface area contributed by atoms with Crippen molar-refractivity contribution in [2.24, 2.45) is 0 Å². The van der Waals surface area contributed by atoms with E-state index >= 15 is 0 Å². The van der Waals surface area contributed by atoms with E-state index in [1.165, 1.54) is 0 Å². The molecule has 1 fully saturated rings. The average Bonchev–Trinajstić information content (AvgIpc) is 3.04. The van der Waals surface area contributed by atoms with Gasteiger partial charge in [-0.3, -0.25) is 19.3 Å². The SMILES string of the molecule is CC(C)[Si](O[C@H](c1ccccc1)[C@@H]1NC(=O)[C@H]1N1C(=O)c2ccccc2C1=O)(C(C)C)C(C)C. The van der Waals surface area contributed by atoms with Gasteiger partial charge in [0.1, 0.15) is 6.04 Å². The lowest BCUT2D eigenvalue weighted by Gasteiger charge is -2.50. The third kappa shape index (κ3) is 3.71. The highest BCUT2D eigenvalue weighted by molar-refractivity contribution is 6.77. The Morgan fingerprint density at radius 1 is 0.765 bits per heavy atom. The first-order valence-corrected chi connectivity index (χ1v) is 14.2. The number of nitrogens with zero attached hydrogens (tertiary/aromatic N) is 1. The summed E-state index contributed by atoms with van der Waals surface area (Å²) in [6, 6.07) is 15.2. The quantitative estimate of drug-likeness (QED) is 0.326. The number of imide groups is 1. The lowest BCUT2D eigenvalue weighted by molar-refractivity contribution is -0.138. The van der Waals surface area contributed by atoms with Crippen molar-refractivity contribution in [2.75, 3.05) is 0 Å². The molecule has 3 atom stereocenters. The van der Waals surface area contributed by atoms with Crippen molar-refractivity contribution in [3.63, 3.8) is 0 Å². The molecule has 1 N–H and O–H groups in total. The molecular weight excluding hydrogens is 444 g/mol. The Kier molecular flexibility index (Phi) is 6.53. The standard InChI is InChI=1S/C27H34N2O4Si/c1-16(2)34(17(3)4,18(5)6)33-24(19-12-8-7-9-13-19)22-23(25(30)28-22)29-26(31)20-14-10-11-15-21(20)27(29)32/h7-18,22-24H,1-6H3,(H,28,30)/t22-,23+,24-/m1/s1. The van der Waals surface area contributed by atoms with Crippen molar-refractivity contribution >= 4 is 26.0 Å². The number of amides is 3. The molecule has 4 rings (SSSR count). The van der Waals surface area contributed by atoms with E-state index in [0.717, 1.165) is 10.5 Å². The first kappa shape index (κ1) is 24.4. The molecule has 180 valence electrons. The largest absolute Gasteiger partial charge is 0.407 e. The molecule has 0 spiro atoms. The average molecular weight is 479 g/mol. The van der Waals surface area contributed by atoms with Gasteiger partial charge >= 0.3 is 0 Å². The Balaban J connectivity index is 1.75. The Morgan fingerprint density at radius 3 is 1.68 bits per heavy atom. The summed E-state index contributed by atoms with van der Waals surface area (Å²) in [5.41, 5.74) is 2.65. The predicted molar refractivity (Wildman–Crippen MR) is 134 cm³/mol. The van der Waals surface area contributed by atoms with Gasteiger partial charge in [0, 0.05) is 0 Å². The van der Waals surface area contributed by atoms with E-state index in [9.17, 15) is 14.4 Å². The molecule has 7 heteroatoms. The number of hydrogen-bond acceptors (Lipinski definition) is 4.